The van der Waals surface area contributed by atoms with E-state index in [0.717, 1.165) is 54.0 Å². The first-order valence-electron chi connectivity index (χ1n) is 8.37. The van der Waals surface area contributed by atoms with Crippen molar-refractivity contribution >= 4 is 27.8 Å². The maximum atomic E-state index is 11.1. The zero-order valence-corrected chi connectivity index (χ0v) is 13.4. The van der Waals surface area contributed by atoms with E-state index in [0.29, 0.717) is 5.82 Å². The molecule has 5 nitrogen and oxygen atoms in total. The van der Waals surface area contributed by atoms with Gasteiger partial charge in [-0.2, -0.15) is 0 Å². The van der Waals surface area contributed by atoms with Crippen molar-refractivity contribution in [3.63, 3.8) is 0 Å². The molecule has 2 heterocycles. The van der Waals surface area contributed by atoms with Gasteiger partial charge in [0.2, 0.25) is 0 Å². The summed E-state index contributed by atoms with van der Waals surface area (Å²) in [6.07, 6.45) is 6.56. The van der Waals surface area contributed by atoms with Gasteiger partial charge < -0.3 is 15.4 Å². The number of nitrogens with two attached hydrogens (primary N) is 1. The van der Waals surface area contributed by atoms with Gasteiger partial charge >= 0.3 is 0 Å². The maximum absolute atomic E-state index is 11.1. The highest BCUT2D eigenvalue weighted by Gasteiger charge is 2.40. The second kappa shape index (κ2) is 5.20. The molecule has 3 N–H and O–H groups in total. The molecule has 1 aromatic carbocycles. The Morgan fingerprint density at radius 1 is 1.30 bits per heavy atom. The summed E-state index contributed by atoms with van der Waals surface area (Å²) in [6, 6.07) is 7.99. The molecule has 3 aromatic rings. The fourth-order valence-electron chi connectivity index (χ4n) is 4.16. The van der Waals surface area contributed by atoms with Crippen LogP contribution in [-0.2, 0) is 0 Å². The molecular weight excluding hydrogens is 288 g/mol. The van der Waals surface area contributed by atoms with E-state index in [1.165, 1.54) is 0 Å². The van der Waals surface area contributed by atoms with Gasteiger partial charge in [0.25, 0.3) is 0 Å². The summed E-state index contributed by atoms with van der Waals surface area (Å²) in [6.45, 7) is 2.12. The second-order valence-electron chi connectivity index (χ2n) is 6.60. The summed E-state index contributed by atoms with van der Waals surface area (Å²) in [5.41, 5.74) is 8.04. The fourth-order valence-corrected chi connectivity index (χ4v) is 4.16. The fraction of sp³-hybridized carbons (Fsp3) is 0.444. The van der Waals surface area contributed by atoms with E-state index < -0.39 is 5.60 Å². The first kappa shape index (κ1) is 14.5. The number of hydrogen-bond acceptors (Lipinski definition) is 4. The molecule has 4 rings (SSSR count). The van der Waals surface area contributed by atoms with Crippen molar-refractivity contribution in [3.05, 3.63) is 30.6 Å². The third-order valence-electron chi connectivity index (χ3n) is 5.25. The monoisotopic (exact) mass is 310 g/mol. The highest BCUT2D eigenvalue weighted by Crippen LogP contribution is 2.42. The maximum Gasteiger partial charge on any atom is 0.152 e. The van der Waals surface area contributed by atoms with Crippen LogP contribution >= 0.6 is 0 Å². The van der Waals surface area contributed by atoms with E-state index in [2.05, 4.69) is 21.5 Å². The van der Waals surface area contributed by atoms with Crippen molar-refractivity contribution in [2.75, 3.05) is 5.73 Å². The van der Waals surface area contributed by atoms with E-state index in [1.807, 2.05) is 30.6 Å². The van der Waals surface area contributed by atoms with Crippen molar-refractivity contribution in [1.82, 2.24) is 14.5 Å². The molecule has 23 heavy (non-hydrogen) atoms. The van der Waals surface area contributed by atoms with Gasteiger partial charge in [-0.25, -0.2) is 9.97 Å². The Labute approximate surface area is 135 Å². The van der Waals surface area contributed by atoms with Gasteiger partial charge in [-0.05, 0) is 25.3 Å². The SMILES string of the molecule is CC[C@H](n1cnc2c(N)nc3ccccc3c21)C1(O)CCCC1. The standard InChI is InChI=1S/C18H22N4O/c1-2-14(18(23)9-5-6-10-18)22-11-20-15-16(22)12-7-3-4-8-13(12)21-17(15)19/h3-4,7-8,11,14,23H,2,5-6,9-10H2,1H3,(H2,19,21)/t14-/m0/s1. The molecule has 120 valence electrons. The summed E-state index contributed by atoms with van der Waals surface area (Å²) in [5.74, 6) is 0.450. The molecule has 0 amide bonds. The highest BCUT2D eigenvalue weighted by molar-refractivity contribution is 6.06. The zero-order valence-electron chi connectivity index (χ0n) is 13.4. The number of anilines is 1. The molecular formula is C18H22N4O. The number of nitrogens with zero attached hydrogens (tertiary/aromatic N) is 3. The van der Waals surface area contributed by atoms with E-state index in [9.17, 15) is 5.11 Å². The number of aromatic nitrogens is 3. The Hall–Kier alpha value is -2.14. The first-order chi connectivity index (χ1) is 11.1. The smallest absolute Gasteiger partial charge is 0.152 e. The van der Waals surface area contributed by atoms with Crippen LogP contribution in [0.15, 0.2) is 30.6 Å². The van der Waals surface area contributed by atoms with Crippen LogP contribution in [-0.4, -0.2) is 25.2 Å². The molecule has 0 radical (unpaired) electrons. The van der Waals surface area contributed by atoms with Crippen molar-refractivity contribution in [2.24, 2.45) is 0 Å². The van der Waals surface area contributed by atoms with Crippen LogP contribution in [0.5, 0.6) is 0 Å². The summed E-state index contributed by atoms with van der Waals surface area (Å²) < 4.78 is 2.13. The molecule has 1 atom stereocenters. The number of aliphatic hydroxyl groups is 1. The molecule has 0 bridgehead atoms. The molecule has 1 fully saturated rings. The predicted octanol–water partition coefficient (Wildman–Crippen LogP) is 3.42. The lowest BCUT2D eigenvalue weighted by Gasteiger charge is -2.33. The number of imidazole rings is 1. The molecule has 5 heteroatoms. The minimum Gasteiger partial charge on any atom is -0.388 e. The first-order valence-corrected chi connectivity index (χ1v) is 8.37. The summed E-state index contributed by atoms with van der Waals surface area (Å²) in [5, 5.41) is 12.2. The number of para-hydroxylation sites is 1. The number of pyridine rings is 1. The number of hydrogen-bond donors (Lipinski definition) is 2. The lowest BCUT2D eigenvalue weighted by Crippen LogP contribution is -2.36. The lowest BCUT2D eigenvalue weighted by atomic mass is 9.90. The van der Waals surface area contributed by atoms with Crippen LogP contribution < -0.4 is 5.73 Å². The molecule has 1 saturated carbocycles. The Balaban J connectivity index is 2.00. The van der Waals surface area contributed by atoms with E-state index in [-0.39, 0.29) is 6.04 Å². The average Bonchev–Trinajstić information content (AvgIpc) is 3.17. The summed E-state index contributed by atoms with van der Waals surface area (Å²) >= 11 is 0. The van der Waals surface area contributed by atoms with Gasteiger partial charge in [0, 0.05) is 5.39 Å². The number of fused-ring (bicyclic) bond motifs is 3. The van der Waals surface area contributed by atoms with Crippen molar-refractivity contribution < 1.29 is 5.11 Å². The van der Waals surface area contributed by atoms with E-state index in [1.54, 1.807) is 0 Å². The topological polar surface area (TPSA) is 77.0 Å². The largest absolute Gasteiger partial charge is 0.388 e. The predicted molar refractivity (Wildman–Crippen MR) is 92.2 cm³/mol. The van der Waals surface area contributed by atoms with Crippen LogP contribution in [0.1, 0.15) is 45.1 Å². The molecule has 1 aliphatic carbocycles. The van der Waals surface area contributed by atoms with E-state index in [4.69, 9.17) is 5.73 Å². The molecule has 1 aliphatic rings. The Morgan fingerprint density at radius 2 is 2.04 bits per heavy atom. The Bertz CT molecular complexity index is 864. The van der Waals surface area contributed by atoms with Crippen molar-refractivity contribution in [3.8, 4) is 0 Å². The van der Waals surface area contributed by atoms with Gasteiger partial charge in [0.1, 0.15) is 5.52 Å². The van der Waals surface area contributed by atoms with Gasteiger partial charge in [-0.1, -0.05) is 38.0 Å². The van der Waals surface area contributed by atoms with Crippen molar-refractivity contribution in [1.29, 1.82) is 0 Å². The number of rotatable bonds is 3. The van der Waals surface area contributed by atoms with Crippen LogP contribution in [0.3, 0.4) is 0 Å². The van der Waals surface area contributed by atoms with Gasteiger partial charge in [-0.15, -0.1) is 0 Å². The Morgan fingerprint density at radius 3 is 2.78 bits per heavy atom. The minimum atomic E-state index is -0.651. The van der Waals surface area contributed by atoms with Gasteiger partial charge in [-0.3, -0.25) is 0 Å². The second-order valence-corrected chi connectivity index (χ2v) is 6.60. The number of benzene rings is 1. The molecule has 2 aromatic heterocycles. The average molecular weight is 310 g/mol. The third kappa shape index (κ3) is 2.10. The van der Waals surface area contributed by atoms with Crippen LogP contribution in [0, 0.1) is 0 Å². The quantitative estimate of drug-likeness (QED) is 0.777. The van der Waals surface area contributed by atoms with Crippen LogP contribution in [0.2, 0.25) is 0 Å². The molecule has 0 spiro atoms. The van der Waals surface area contributed by atoms with Gasteiger partial charge in [0.15, 0.2) is 5.82 Å². The highest BCUT2D eigenvalue weighted by atomic mass is 16.3. The minimum absolute atomic E-state index is 0.0141. The summed E-state index contributed by atoms with van der Waals surface area (Å²) in [4.78, 5) is 8.96. The van der Waals surface area contributed by atoms with Gasteiger partial charge in [0.05, 0.1) is 29.0 Å². The zero-order chi connectivity index (χ0) is 16.0. The molecule has 0 unspecified atom stereocenters. The van der Waals surface area contributed by atoms with Crippen LogP contribution in [0.25, 0.3) is 21.9 Å². The summed E-state index contributed by atoms with van der Waals surface area (Å²) in [7, 11) is 0. The number of nitrogen functional groups attached to an aromatic ring is 1. The normalized spacial score (nSPS) is 18.7. The lowest BCUT2D eigenvalue weighted by molar-refractivity contribution is -0.00632. The van der Waals surface area contributed by atoms with E-state index >= 15 is 0 Å². The Kier molecular flexibility index (Phi) is 3.27. The third-order valence-corrected chi connectivity index (χ3v) is 5.25. The van der Waals surface area contributed by atoms with Crippen LogP contribution in [0.4, 0.5) is 5.82 Å². The molecule has 0 aliphatic heterocycles. The van der Waals surface area contributed by atoms with Crippen molar-refractivity contribution in [2.45, 2.75) is 50.7 Å². The molecule has 0 saturated heterocycles.